The Bertz CT molecular complexity index is 861. The lowest BCUT2D eigenvalue weighted by Crippen LogP contribution is -2.30. The summed E-state index contributed by atoms with van der Waals surface area (Å²) in [6.45, 7) is 6.11. The standard InChI is InChI=1S/C21H29ClN4O3/c1-21(2,3)29-18(27)9-13-5-7-15(8-6-13)24-20-23-11-16-19(26-20)14(12-28-4)10-17(22)25-16/h10-11,13,15H,5-9,12H2,1-4H3,(H,23,24,26). The molecular formula is C21H29ClN4O3. The maximum atomic E-state index is 12.0. The van der Waals surface area contributed by atoms with Crippen LogP contribution in [0.15, 0.2) is 12.3 Å². The molecule has 2 heterocycles. The molecule has 0 spiro atoms. The van der Waals surface area contributed by atoms with Crippen molar-refractivity contribution in [3.63, 3.8) is 0 Å². The van der Waals surface area contributed by atoms with E-state index in [9.17, 15) is 4.79 Å². The summed E-state index contributed by atoms with van der Waals surface area (Å²) in [6.07, 6.45) is 6.08. The summed E-state index contributed by atoms with van der Waals surface area (Å²) in [5.74, 6) is 0.846. The molecule has 0 aliphatic heterocycles. The molecule has 29 heavy (non-hydrogen) atoms. The van der Waals surface area contributed by atoms with Crippen LogP contribution in [0.5, 0.6) is 0 Å². The first-order valence-corrected chi connectivity index (χ1v) is 10.4. The molecule has 8 heteroatoms. The van der Waals surface area contributed by atoms with E-state index in [0.29, 0.717) is 35.6 Å². The van der Waals surface area contributed by atoms with Crippen LogP contribution < -0.4 is 5.32 Å². The fourth-order valence-corrected chi connectivity index (χ4v) is 3.92. The molecule has 1 fully saturated rings. The molecule has 0 amide bonds. The number of hydrogen-bond acceptors (Lipinski definition) is 7. The largest absolute Gasteiger partial charge is 0.460 e. The van der Waals surface area contributed by atoms with Crippen LogP contribution in [0.2, 0.25) is 5.15 Å². The first-order chi connectivity index (χ1) is 13.7. The van der Waals surface area contributed by atoms with E-state index >= 15 is 0 Å². The van der Waals surface area contributed by atoms with Crippen molar-refractivity contribution >= 4 is 34.6 Å². The number of aromatic nitrogens is 3. The Kier molecular flexibility index (Phi) is 6.90. The number of halogens is 1. The number of anilines is 1. The average molecular weight is 421 g/mol. The van der Waals surface area contributed by atoms with E-state index in [1.165, 1.54) is 0 Å². The van der Waals surface area contributed by atoms with Gasteiger partial charge >= 0.3 is 5.97 Å². The summed E-state index contributed by atoms with van der Waals surface area (Å²) in [6, 6.07) is 2.06. The van der Waals surface area contributed by atoms with Crippen molar-refractivity contribution < 1.29 is 14.3 Å². The highest BCUT2D eigenvalue weighted by molar-refractivity contribution is 6.29. The minimum absolute atomic E-state index is 0.108. The number of nitrogens with zero attached hydrogens (tertiary/aromatic N) is 3. The lowest BCUT2D eigenvalue weighted by molar-refractivity contribution is -0.156. The minimum atomic E-state index is -0.427. The van der Waals surface area contributed by atoms with Crippen molar-refractivity contribution in [2.24, 2.45) is 5.92 Å². The van der Waals surface area contributed by atoms with E-state index in [-0.39, 0.29) is 12.0 Å². The van der Waals surface area contributed by atoms with Gasteiger partial charge in [-0.3, -0.25) is 4.79 Å². The van der Waals surface area contributed by atoms with Crippen LogP contribution in [-0.2, 0) is 20.9 Å². The van der Waals surface area contributed by atoms with Crippen molar-refractivity contribution in [3.05, 3.63) is 23.0 Å². The minimum Gasteiger partial charge on any atom is -0.460 e. The van der Waals surface area contributed by atoms with Gasteiger partial charge in [-0.15, -0.1) is 0 Å². The fraction of sp³-hybridized carbons (Fsp3) is 0.619. The molecule has 2 aromatic rings. The van der Waals surface area contributed by atoms with Gasteiger partial charge in [-0.1, -0.05) is 11.6 Å². The van der Waals surface area contributed by atoms with E-state index in [2.05, 4.69) is 20.3 Å². The van der Waals surface area contributed by atoms with Gasteiger partial charge in [-0.2, -0.15) is 0 Å². The Morgan fingerprint density at radius 1 is 1.24 bits per heavy atom. The lowest BCUT2D eigenvalue weighted by atomic mass is 9.84. The van der Waals surface area contributed by atoms with Gasteiger partial charge in [0.1, 0.15) is 16.3 Å². The van der Waals surface area contributed by atoms with Crippen LogP contribution in [0.25, 0.3) is 11.0 Å². The van der Waals surface area contributed by atoms with Gasteiger partial charge in [-0.05, 0) is 58.4 Å². The molecule has 1 saturated carbocycles. The molecule has 0 saturated heterocycles. The summed E-state index contributed by atoms with van der Waals surface area (Å²) in [5.41, 5.74) is 1.85. The zero-order chi connectivity index (χ0) is 21.0. The summed E-state index contributed by atoms with van der Waals surface area (Å²) in [4.78, 5) is 25.4. The second kappa shape index (κ2) is 9.22. The zero-order valence-corrected chi connectivity index (χ0v) is 18.3. The molecule has 1 N–H and O–H groups in total. The summed E-state index contributed by atoms with van der Waals surface area (Å²) < 4.78 is 10.7. The topological polar surface area (TPSA) is 86.2 Å². The molecule has 0 atom stereocenters. The Balaban J connectivity index is 1.59. The van der Waals surface area contributed by atoms with Crippen molar-refractivity contribution in [1.82, 2.24) is 15.0 Å². The van der Waals surface area contributed by atoms with Crippen LogP contribution in [0.4, 0.5) is 5.95 Å². The maximum absolute atomic E-state index is 12.0. The number of fused-ring (bicyclic) bond motifs is 1. The smallest absolute Gasteiger partial charge is 0.306 e. The van der Waals surface area contributed by atoms with Crippen molar-refractivity contribution in [3.8, 4) is 0 Å². The Morgan fingerprint density at radius 2 is 1.97 bits per heavy atom. The third-order valence-electron chi connectivity index (χ3n) is 4.95. The van der Waals surface area contributed by atoms with Gasteiger partial charge in [0, 0.05) is 25.1 Å². The SMILES string of the molecule is COCc1cc(Cl)nc2cnc(NC3CCC(CC(=O)OC(C)(C)C)CC3)nc12. The molecule has 3 rings (SSSR count). The number of pyridine rings is 1. The Labute approximate surface area is 176 Å². The number of nitrogens with one attached hydrogen (secondary N) is 1. The second-order valence-corrected chi connectivity index (χ2v) is 9.00. The number of ether oxygens (including phenoxy) is 2. The molecule has 1 aliphatic carbocycles. The number of hydrogen-bond donors (Lipinski definition) is 1. The second-order valence-electron chi connectivity index (χ2n) is 8.62. The van der Waals surface area contributed by atoms with Gasteiger partial charge in [0.2, 0.25) is 5.95 Å². The molecule has 0 aromatic carbocycles. The van der Waals surface area contributed by atoms with Crippen molar-refractivity contribution in [1.29, 1.82) is 0 Å². The predicted octanol–water partition coefficient (Wildman–Crippen LogP) is 4.53. The maximum Gasteiger partial charge on any atom is 0.306 e. The summed E-state index contributed by atoms with van der Waals surface area (Å²) in [7, 11) is 1.64. The zero-order valence-electron chi connectivity index (χ0n) is 17.5. The van der Waals surface area contributed by atoms with Crippen molar-refractivity contribution in [2.45, 2.75) is 71.1 Å². The number of esters is 1. The van der Waals surface area contributed by atoms with Crippen LogP contribution in [0.3, 0.4) is 0 Å². The number of rotatable bonds is 6. The Hall–Kier alpha value is -1.99. The number of carbonyl (C=O) groups excluding carboxylic acids is 1. The van der Waals surface area contributed by atoms with E-state index < -0.39 is 5.60 Å². The van der Waals surface area contributed by atoms with Crippen LogP contribution in [0, 0.1) is 5.92 Å². The molecule has 7 nitrogen and oxygen atoms in total. The summed E-state index contributed by atoms with van der Waals surface area (Å²) >= 11 is 6.07. The van der Waals surface area contributed by atoms with E-state index in [4.69, 9.17) is 21.1 Å². The van der Waals surface area contributed by atoms with Crippen molar-refractivity contribution in [2.75, 3.05) is 12.4 Å². The quantitative estimate of drug-likeness (QED) is 0.542. The predicted molar refractivity (Wildman–Crippen MR) is 113 cm³/mol. The lowest BCUT2D eigenvalue weighted by Gasteiger charge is -2.29. The third-order valence-corrected chi connectivity index (χ3v) is 5.14. The monoisotopic (exact) mass is 420 g/mol. The molecule has 158 valence electrons. The number of methoxy groups -OCH3 is 1. The first kappa shape index (κ1) is 21.7. The van der Waals surface area contributed by atoms with Gasteiger partial charge in [0.25, 0.3) is 0 Å². The number of carbonyl (C=O) groups is 1. The normalized spacial score (nSPS) is 19.9. The van der Waals surface area contributed by atoms with Crippen LogP contribution in [-0.4, -0.2) is 39.7 Å². The van der Waals surface area contributed by atoms with Gasteiger partial charge < -0.3 is 14.8 Å². The highest BCUT2D eigenvalue weighted by atomic mass is 35.5. The molecule has 0 unspecified atom stereocenters. The molecule has 0 radical (unpaired) electrons. The third kappa shape index (κ3) is 6.24. The summed E-state index contributed by atoms with van der Waals surface area (Å²) in [5, 5.41) is 3.83. The first-order valence-electron chi connectivity index (χ1n) is 10.0. The van der Waals surface area contributed by atoms with Gasteiger partial charge in [0.05, 0.1) is 18.3 Å². The van der Waals surface area contributed by atoms with E-state index in [0.717, 1.165) is 36.8 Å². The highest BCUT2D eigenvalue weighted by Gasteiger charge is 2.26. The van der Waals surface area contributed by atoms with Crippen LogP contribution >= 0.6 is 11.6 Å². The molecule has 1 aliphatic rings. The average Bonchev–Trinajstić information content (AvgIpc) is 2.62. The highest BCUT2D eigenvalue weighted by Crippen LogP contribution is 2.29. The molecule has 2 aromatic heterocycles. The van der Waals surface area contributed by atoms with Crippen LogP contribution in [0.1, 0.15) is 58.4 Å². The van der Waals surface area contributed by atoms with Gasteiger partial charge in [0.15, 0.2) is 0 Å². The van der Waals surface area contributed by atoms with Gasteiger partial charge in [-0.25, -0.2) is 15.0 Å². The molecule has 0 bridgehead atoms. The van der Waals surface area contributed by atoms with E-state index in [1.54, 1.807) is 19.4 Å². The Morgan fingerprint density at radius 3 is 2.62 bits per heavy atom. The molecular weight excluding hydrogens is 392 g/mol. The van der Waals surface area contributed by atoms with E-state index in [1.807, 2.05) is 20.8 Å². The fourth-order valence-electron chi connectivity index (χ4n) is 3.70.